The summed E-state index contributed by atoms with van der Waals surface area (Å²) < 4.78 is 0.881. The van der Waals surface area contributed by atoms with Crippen LogP contribution in [0.3, 0.4) is 0 Å². The Balaban J connectivity index is 0.00000228. The van der Waals surface area contributed by atoms with Crippen LogP contribution in [0.1, 0.15) is 54.3 Å². The van der Waals surface area contributed by atoms with E-state index in [9.17, 15) is 19.2 Å². The van der Waals surface area contributed by atoms with E-state index in [1.807, 2.05) is 38.0 Å². The Morgan fingerprint density at radius 3 is 1.28 bits per heavy atom. The van der Waals surface area contributed by atoms with Crippen LogP contribution in [-0.4, -0.2) is 97.6 Å². The van der Waals surface area contributed by atoms with Gasteiger partial charge >= 0.3 is 0 Å². The average molecular weight is 667 g/mol. The van der Waals surface area contributed by atoms with E-state index in [4.69, 9.17) is 0 Å². The maximum absolute atomic E-state index is 13.4. The molecule has 4 rings (SSSR count). The van der Waals surface area contributed by atoms with Crippen LogP contribution in [0.2, 0.25) is 0 Å². The molecule has 0 aromatic heterocycles. The zero-order valence-corrected chi connectivity index (χ0v) is 25.2. The molecule has 2 heterocycles. The second kappa shape index (κ2) is 11.9. The molecule has 0 unspecified atom stereocenters. The summed E-state index contributed by atoms with van der Waals surface area (Å²) in [6.45, 7) is 2.02. The zero-order valence-electron chi connectivity index (χ0n) is 20.4. The number of nitrogens with zero attached hydrogens (tertiary/aromatic N) is 4. The summed E-state index contributed by atoms with van der Waals surface area (Å²) in [4.78, 5) is 60.1. The number of hydrogen-bond donors (Lipinski definition) is 0. The van der Waals surface area contributed by atoms with Gasteiger partial charge in [-0.15, -0.1) is 24.8 Å². The van der Waals surface area contributed by atoms with Crippen molar-refractivity contribution in [1.29, 1.82) is 0 Å². The number of hydrogen-bond acceptors (Lipinski definition) is 6. The highest BCUT2D eigenvalue weighted by Crippen LogP contribution is 2.43. The number of carbonyl (C=O) groups excluding carboxylic acids is 4. The standard InChI is InChI=1S/C24H26Br2N4O4.2ClH/c1-27(2)7-5-9-29-21(31)13-11-16(26)20-18-14(12-15(25)19(17(13)18)23(29)33)22(32)30(24(20)34)10-6-8-28(3)4;;/h11-12H,5-10H2,1-4H3;2*1H. The Bertz CT molecular complexity index is 1160. The van der Waals surface area contributed by atoms with Gasteiger partial charge in [-0.2, -0.15) is 0 Å². The Labute approximate surface area is 239 Å². The molecule has 0 spiro atoms. The largest absolute Gasteiger partial charge is 0.309 e. The van der Waals surface area contributed by atoms with Gasteiger partial charge in [-0.25, -0.2) is 0 Å². The molecule has 0 bridgehead atoms. The molecule has 0 saturated heterocycles. The lowest BCUT2D eigenvalue weighted by Crippen LogP contribution is -2.44. The molecule has 36 heavy (non-hydrogen) atoms. The van der Waals surface area contributed by atoms with Crippen molar-refractivity contribution in [1.82, 2.24) is 19.6 Å². The van der Waals surface area contributed by atoms with Crippen molar-refractivity contribution in [2.45, 2.75) is 12.8 Å². The van der Waals surface area contributed by atoms with E-state index in [1.54, 1.807) is 12.1 Å². The summed E-state index contributed by atoms with van der Waals surface area (Å²) in [5.41, 5.74) is 1.26. The van der Waals surface area contributed by atoms with Gasteiger partial charge in [0.25, 0.3) is 23.6 Å². The first-order valence-electron chi connectivity index (χ1n) is 11.0. The molecule has 0 fully saturated rings. The fraction of sp³-hybridized carbons (Fsp3) is 0.417. The normalized spacial score (nSPS) is 14.7. The van der Waals surface area contributed by atoms with Gasteiger partial charge in [-0.1, -0.05) is 0 Å². The van der Waals surface area contributed by atoms with Crippen molar-refractivity contribution in [2.75, 3.05) is 54.4 Å². The molecule has 12 heteroatoms. The topological polar surface area (TPSA) is 81.2 Å². The van der Waals surface area contributed by atoms with Gasteiger partial charge in [-0.3, -0.25) is 29.0 Å². The third-order valence-corrected chi connectivity index (χ3v) is 7.40. The van der Waals surface area contributed by atoms with E-state index >= 15 is 0 Å². The summed E-state index contributed by atoms with van der Waals surface area (Å²) in [5, 5.41) is 0.743. The van der Waals surface area contributed by atoms with E-state index in [0.29, 0.717) is 54.8 Å². The van der Waals surface area contributed by atoms with E-state index in [2.05, 4.69) is 31.9 Å². The second-order valence-electron chi connectivity index (χ2n) is 9.15. The van der Waals surface area contributed by atoms with E-state index in [1.165, 1.54) is 9.80 Å². The van der Waals surface area contributed by atoms with Crippen LogP contribution in [-0.2, 0) is 0 Å². The number of carbonyl (C=O) groups is 4. The maximum atomic E-state index is 13.4. The number of benzene rings is 2. The number of amides is 4. The second-order valence-corrected chi connectivity index (χ2v) is 10.9. The van der Waals surface area contributed by atoms with Gasteiger partial charge < -0.3 is 9.80 Å². The molecule has 2 aliphatic heterocycles. The highest BCUT2D eigenvalue weighted by atomic mass is 79.9. The molecule has 8 nitrogen and oxygen atoms in total. The first-order chi connectivity index (χ1) is 16.0. The van der Waals surface area contributed by atoms with Crippen LogP contribution in [0.4, 0.5) is 0 Å². The molecule has 196 valence electrons. The lowest BCUT2D eigenvalue weighted by atomic mass is 9.85. The van der Waals surface area contributed by atoms with Crippen molar-refractivity contribution < 1.29 is 19.2 Å². The van der Waals surface area contributed by atoms with Crippen molar-refractivity contribution in [2.24, 2.45) is 0 Å². The molecule has 4 amide bonds. The fourth-order valence-electron chi connectivity index (χ4n) is 4.57. The maximum Gasteiger partial charge on any atom is 0.262 e. The zero-order chi connectivity index (χ0) is 24.9. The Kier molecular flexibility index (Phi) is 10.1. The molecule has 2 aromatic rings. The van der Waals surface area contributed by atoms with Crippen LogP contribution >= 0.6 is 56.7 Å². The molecule has 0 N–H and O–H groups in total. The molecule has 0 aliphatic carbocycles. The lowest BCUT2D eigenvalue weighted by Gasteiger charge is -2.33. The first kappa shape index (κ1) is 30.7. The summed E-state index contributed by atoms with van der Waals surface area (Å²) in [6, 6.07) is 3.22. The minimum absolute atomic E-state index is 0. The molecular formula is C24H28Br2Cl2N4O4. The minimum Gasteiger partial charge on any atom is -0.309 e. The van der Waals surface area contributed by atoms with Crippen LogP contribution < -0.4 is 0 Å². The summed E-state index contributed by atoms with van der Waals surface area (Å²) in [6.07, 6.45) is 1.27. The van der Waals surface area contributed by atoms with Gasteiger partial charge in [0.2, 0.25) is 0 Å². The van der Waals surface area contributed by atoms with Crippen LogP contribution in [0.5, 0.6) is 0 Å². The van der Waals surface area contributed by atoms with E-state index < -0.39 is 23.6 Å². The van der Waals surface area contributed by atoms with Gasteiger partial charge in [0.1, 0.15) is 0 Å². The van der Waals surface area contributed by atoms with Crippen molar-refractivity contribution in [3.63, 3.8) is 0 Å². The monoisotopic (exact) mass is 664 g/mol. The Morgan fingerprint density at radius 1 is 0.639 bits per heavy atom. The summed E-state index contributed by atoms with van der Waals surface area (Å²) >= 11 is 6.95. The number of halogens is 4. The van der Waals surface area contributed by atoms with Gasteiger partial charge in [-0.05, 0) is 98.1 Å². The van der Waals surface area contributed by atoms with Gasteiger partial charge in [0, 0.05) is 43.9 Å². The number of rotatable bonds is 8. The molecular weight excluding hydrogens is 639 g/mol. The minimum atomic E-state index is -0.420. The Hall–Kier alpha value is -1.56. The highest BCUT2D eigenvalue weighted by molar-refractivity contribution is 9.10. The van der Waals surface area contributed by atoms with Crippen LogP contribution in [0.15, 0.2) is 21.1 Å². The van der Waals surface area contributed by atoms with Crippen LogP contribution in [0, 0.1) is 0 Å². The van der Waals surface area contributed by atoms with Gasteiger partial charge in [0.05, 0.1) is 11.1 Å². The summed E-state index contributed by atoms with van der Waals surface area (Å²) in [7, 11) is 7.73. The predicted octanol–water partition coefficient (Wildman–Crippen LogP) is 4.30. The quantitative estimate of drug-likeness (QED) is 0.391. The predicted molar refractivity (Wildman–Crippen MR) is 151 cm³/mol. The third kappa shape index (κ3) is 5.21. The van der Waals surface area contributed by atoms with Gasteiger partial charge in [0.15, 0.2) is 0 Å². The van der Waals surface area contributed by atoms with Crippen LogP contribution in [0.25, 0.3) is 10.8 Å². The smallest absolute Gasteiger partial charge is 0.262 e. The third-order valence-electron chi connectivity index (χ3n) is 6.15. The highest BCUT2D eigenvalue weighted by Gasteiger charge is 2.41. The van der Waals surface area contributed by atoms with Crippen molar-refractivity contribution >= 4 is 91.1 Å². The molecule has 0 atom stereocenters. The molecule has 2 aromatic carbocycles. The SMILES string of the molecule is CN(C)CCCN1C(=O)c2cc(Br)c3c4c(cc(Br)c(c24)C1=O)C(=O)N(CCCN(C)C)C3=O.Cl.Cl. The van der Waals surface area contributed by atoms with E-state index in [0.717, 1.165) is 13.1 Å². The van der Waals surface area contributed by atoms with E-state index in [-0.39, 0.29) is 37.9 Å². The number of imide groups is 2. The summed E-state index contributed by atoms with van der Waals surface area (Å²) in [5.74, 6) is -1.67. The van der Waals surface area contributed by atoms with Crippen molar-refractivity contribution in [3.05, 3.63) is 43.3 Å². The fourth-order valence-corrected chi connectivity index (χ4v) is 5.76. The lowest BCUT2D eigenvalue weighted by molar-refractivity contribution is 0.0583. The molecule has 0 saturated carbocycles. The molecule has 2 aliphatic rings. The molecule has 0 radical (unpaired) electrons. The Morgan fingerprint density at radius 2 is 0.972 bits per heavy atom. The average Bonchev–Trinajstić information content (AvgIpc) is 2.75. The van der Waals surface area contributed by atoms with Crippen molar-refractivity contribution in [3.8, 4) is 0 Å². The first-order valence-corrected chi connectivity index (χ1v) is 12.6.